The zero-order valence-corrected chi connectivity index (χ0v) is 7.71. The second kappa shape index (κ2) is 2.81. The van der Waals surface area contributed by atoms with Crippen molar-refractivity contribution in [2.24, 2.45) is 0 Å². The van der Waals surface area contributed by atoms with E-state index < -0.39 is 0 Å². The maximum Gasteiger partial charge on any atom is 0.0564 e. The highest BCUT2D eigenvalue weighted by atomic mass is 79.9. The lowest BCUT2D eigenvalue weighted by Gasteiger charge is -2.32. The van der Waals surface area contributed by atoms with Gasteiger partial charge in [0, 0.05) is 23.8 Å². The number of pyridine rings is 1. The van der Waals surface area contributed by atoms with E-state index in [1.165, 1.54) is 25.2 Å². The molecule has 0 atom stereocenters. The lowest BCUT2D eigenvalue weighted by molar-refractivity contribution is 0.616. The Kier molecular flexibility index (Phi) is 1.82. The number of anilines is 1. The van der Waals surface area contributed by atoms with Gasteiger partial charge in [0.05, 0.1) is 11.9 Å². The smallest absolute Gasteiger partial charge is 0.0564 e. The lowest BCUT2D eigenvalue weighted by atomic mass is 10.2. The van der Waals surface area contributed by atoms with Crippen molar-refractivity contribution < 1.29 is 0 Å². The summed E-state index contributed by atoms with van der Waals surface area (Å²) >= 11 is 3.39. The molecule has 1 aromatic rings. The molecule has 0 spiro atoms. The molecule has 0 bridgehead atoms. The van der Waals surface area contributed by atoms with Crippen LogP contribution in [0.2, 0.25) is 0 Å². The quantitative estimate of drug-likeness (QED) is 0.709. The lowest BCUT2D eigenvalue weighted by Crippen LogP contribution is -2.36. The van der Waals surface area contributed by atoms with Gasteiger partial charge in [-0.05, 0) is 28.4 Å². The van der Waals surface area contributed by atoms with Crippen LogP contribution in [0.3, 0.4) is 0 Å². The van der Waals surface area contributed by atoms with Gasteiger partial charge in [-0.15, -0.1) is 0 Å². The summed E-state index contributed by atoms with van der Waals surface area (Å²) in [5.41, 5.74) is 1.23. The first-order valence-corrected chi connectivity index (χ1v) is 4.51. The molecule has 11 heavy (non-hydrogen) atoms. The maximum atomic E-state index is 4.10. The molecule has 0 unspecified atom stereocenters. The summed E-state index contributed by atoms with van der Waals surface area (Å²) in [5, 5.41) is 0. The summed E-state index contributed by atoms with van der Waals surface area (Å²) in [4.78, 5) is 6.42. The average Bonchev–Trinajstić information content (AvgIpc) is 1.83. The van der Waals surface area contributed by atoms with Crippen molar-refractivity contribution >= 4 is 21.6 Å². The monoisotopic (exact) mass is 212 g/mol. The van der Waals surface area contributed by atoms with Gasteiger partial charge in [0.25, 0.3) is 0 Å². The van der Waals surface area contributed by atoms with E-state index in [0.717, 1.165) is 4.47 Å². The molecule has 0 saturated carbocycles. The minimum Gasteiger partial charge on any atom is -0.370 e. The van der Waals surface area contributed by atoms with Crippen molar-refractivity contribution in [1.29, 1.82) is 0 Å². The number of rotatable bonds is 1. The van der Waals surface area contributed by atoms with Crippen LogP contribution in [0.15, 0.2) is 22.9 Å². The molecular formula is C8H9BrN2. The first-order chi connectivity index (χ1) is 5.36. The Morgan fingerprint density at radius 1 is 1.36 bits per heavy atom. The van der Waals surface area contributed by atoms with Gasteiger partial charge >= 0.3 is 0 Å². The fraction of sp³-hybridized carbons (Fsp3) is 0.375. The first-order valence-electron chi connectivity index (χ1n) is 3.72. The van der Waals surface area contributed by atoms with E-state index in [0.29, 0.717) is 0 Å². The number of hydrogen-bond donors (Lipinski definition) is 0. The maximum absolute atomic E-state index is 4.10. The van der Waals surface area contributed by atoms with Crippen LogP contribution in [-0.2, 0) is 0 Å². The molecule has 1 aromatic heterocycles. The fourth-order valence-electron chi connectivity index (χ4n) is 1.15. The van der Waals surface area contributed by atoms with E-state index in [1.54, 1.807) is 0 Å². The minimum absolute atomic E-state index is 1.06. The molecule has 0 N–H and O–H groups in total. The van der Waals surface area contributed by atoms with E-state index in [1.807, 2.05) is 12.4 Å². The van der Waals surface area contributed by atoms with Gasteiger partial charge in [-0.1, -0.05) is 0 Å². The molecule has 58 valence electrons. The first kappa shape index (κ1) is 7.10. The van der Waals surface area contributed by atoms with Gasteiger partial charge in [-0.3, -0.25) is 4.98 Å². The molecule has 2 nitrogen and oxygen atoms in total. The van der Waals surface area contributed by atoms with Gasteiger partial charge in [0.1, 0.15) is 0 Å². The van der Waals surface area contributed by atoms with E-state index >= 15 is 0 Å². The van der Waals surface area contributed by atoms with E-state index in [4.69, 9.17) is 0 Å². The third-order valence-corrected chi connectivity index (χ3v) is 2.35. The summed E-state index contributed by atoms with van der Waals surface area (Å²) in [7, 11) is 0. The van der Waals surface area contributed by atoms with E-state index in [2.05, 4.69) is 31.9 Å². The summed E-state index contributed by atoms with van der Waals surface area (Å²) in [5.74, 6) is 0. The van der Waals surface area contributed by atoms with Crippen molar-refractivity contribution in [3.63, 3.8) is 0 Å². The highest BCUT2D eigenvalue weighted by Crippen LogP contribution is 2.22. The van der Waals surface area contributed by atoms with Crippen LogP contribution in [0, 0.1) is 0 Å². The zero-order chi connectivity index (χ0) is 7.68. The number of nitrogens with zero attached hydrogens (tertiary/aromatic N) is 2. The second-order valence-electron chi connectivity index (χ2n) is 2.70. The van der Waals surface area contributed by atoms with Crippen LogP contribution in [0.5, 0.6) is 0 Å². The molecule has 0 aromatic carbocycles. The second-order valence-corrected chi connectivity index (χ2v) is 3.62. The number of halogens is 1. The van der Waals surface area contributed by atoms with Gasteiger partial charge in [-0.2, -0.15) is 0 Å². The Labute approximate surface area is 74.4 Å². The Balaban J connectivity index is 2.23. The van der Waals surface area contributed by atoms with Gasteiger partial charge in [-0.25, -0.2) is 0 Å². The van der Waals surface area contributed by atoms with Crippen LogP contribution in [0.25, 0.3) is 0 Å². The van der Waals surface area contributed by atoms with Crippen LogP contribution in [0.1, 0.15) is 6.42 Å². The normalized spacial score (nSPS) is 16.3. The predicted octanol–water partition coefficient (Wildman–Crippen LogP) is 2.05. The molecule has 2 heterocycles. The average molecular weight is 213 g/mol. The highest BCUT2D eigenvalue weighted by molar-refractivity contribution is 9.10. The summed E-state index contributed by atoms with van der Waals surface area (Å²) < 4.78 is 1.06. The Morgan fingerprint density at radius 3 is 2.73 bits per heavy atom. The van der Waals surface area contributed by atoms with Crippen LogP contribution in [-0.4, -0.2) is 18.1 Å². The molecule has 0 aliphatic carbocycles. The third-order valence-electron chi connectivity index (χ3n) is 1.91. The molecule has 2 rings (SSSR count). The number of aromatic nitrogens is 1. The summed E-state index contributed by atoms with van der Waals surface area (Å²) in [6, 6.07) is 2.10. The van der Waals surface area contributed by atoms with E-state index in [-0.39, 0.29) is 0 Å². The Hall–Kier alpha value is -0.570. The third kappa shape index (κ3) is 1.38. The molecule has 3 heteroatoms. The van der Waals surface area contributed by atoms with Crippen molar-refractivity contribution in [2.75, 3.05) is 18.0 Å². The zero-order valence-electron chi connectivity index (χ0n) is 6.13. The Bertz CT molecular complexity index is 258. The van der Waals surface area contributed by atoms with Gasteiger partial charge in [0.2, 0.25) is 0 Å². The molecule has 1 saturated heterocycles. The highest BCUT2D eigenvalue weighted by Gasteiger charge is 2.14. The molecule has 1 aliphatic heterocycles. The molecule has 0 amide bonds. The molecular weight excluding hydrogens is 204 g/mol. The van der Waals surface area contributed by atoms with Crippen molar-refractivity contribution in [2.45, 2.75) is 6.42 Å². The fourth-order valence-corrected chi connectivity index (χ4v) is 1.50. The van der Waals surface area contributed by atoms with E-state index in [9.17, 15) is 0 Å². The van der Waals surface area contributed by atoms with Gasteiger partial charge in [0.15, 0.2) is 0 Å². The van der Waals surface area contributed by atoms with Crippen molar-refractivity contribution in [3.8, 4) is 0 Å². The van der Waals surface area contributed by atoms with Crippen LogP contribution >= 0.6 is 15.9 Å². The Morgan fingerprint density at radius 2 is 2.18 bits per heavy atom. The molecule has 0 radical (unpaired) electrons. The standard InChI is InChI=1S/C8H9BrN2/c9-7-4-8(6-10-5-7)11-2-1-3-11/h4-6H,1-3H2. The number of hydrogen-bond acceptors (Lipinski definition) is 2. The minimum atomic E-state index is 1.06. The molecule has 1 fully saturated rings. The predicted molar refractivity (Wildman–Crippen MR) is 48.8 cm³/mol. The van der Waals surface area contributed by atoms with Crippen molar-refractivity contribution in [3.05, 3.63) is 22.9 Å². The molecule has 1 aliphatic rings. The van der Waals surface area contributed by atoms with Crippen LogP contribution in [0.4, 0.5) is 5.69 Å². The largest absolute Gasteiger partial charge is 0.370 e. The summed E-state index contributed by atoms with van der Waals surface area (Å²) in [6.45, 7) is 2.36. The van der Waals surface area contributed by atoms with Crippen molar-refractivity contribution in [1.82, 2.24) is 4.98 Å². The SMILES string of the molecule is Brc1cncc(N2CCC2)c1. The van der Waals surface area contributed by atoms with Gasteiger partial charge < -0.3 is 4.90 Å². The van der Waals surface area contributed by atoms with Crippen LogP contribution < -0.4 is 4.90 Å². The topological polar surface area (TPSA) is 16.1 Å². The summed E-state index contributed by atoms with van der Waals surface area (Å²) in [6.07, 6.45) is 5.03.